The molecule has 6 nitrogen and oxygen atoms in total. The highest BCUT2D eigenvalue weighted by Gasteiger charge is 2.07. The van der Waals surface area contributed by atoms with Crippen LogP contribution >= 0.6 is 24.0 Å². The van der Waals surface area contributed by atoms with Gasteiger partial charge in [0.2, 0.25) is 0 Å². The molecule has 1 rings (SSSR count). The average Bonchev–Trinajstić information content (AvgIpc) is 2.97. The van der Waals surface area contributed by atoms with E-state index in [-0.39, 0.29) is 30.6 Å². The number of nitrogens with one attached hydrogen (secondary N) is 2. The third-order valence-corrected chi connectivity index (χ3v) is 4.13. The Morgan fingerprint density at radius 1 is 1.28 bits per heavy atom. The minimum absolute atomic E-state index is 0. The molecular formula is C18H36IN5O. The van der Waals surface area contributed by atoms with Crippen LogP contribution in [0.4, 0.5) is 0 Å². The van der Waals surface area contributed by atoms with Gasteiger partial charge in [0, 0.05) is 45.2 Å². The van der Waals surface area contributed by atoms with Gasteiger partial charge in [-0.2, -0.15) is 0 Å². The van der Waals surface area contributed by atoms with Gasteiger partial charge in [0.15, 0.2) is 5.96 Å². The van der Waals surface area contributed by atoms with E-state index in [4.69, 9.17) is 5.11 Å². The minimum Gasteiger partial charge on any atom is -0.396 e. The summed E-state index contributed by atoms with van der Waals surface area (Å²) in [6, 6.07) is 0. The number of aliphatic hydroxyl groups excluding tert-OH is 1. The lowest BCUT2D eigenvalue weighted by Crippen LogP contribution is -2.38. The number of unbranched alkanes of at least 4 members (excludes halogenated alkanes) is 1. The van der Waals surface area contributed by atoms with Gasteiger partial charge in [0.25, 0.3) is 0 Å². The Kier molecular flexibility index (Phi) is 14.9. The molecule has 7 heteroatoms. The highest BCUT2D eigenvalue weighted by molar-refractivity contribution is 14.0. The second-order valence-electron chi connectivity index (χ2n) is 6.19. The topological polar surface area (TPSA) is 74.5 Å². The van der Waals surface area contributed by atoms with Crippen LogP contribution in [0.3, 0.4) is 0 Å². The molecule has 146 valence electrons. The molecule has 0 saturated heterocycles. The Labute approximate surface area is 169 Å². The van der Waals surface area contributed by atoms with Gasteiger partial charge < -0.3 is 20.3 Å². The molecule has 0 aromatic carbocycles. The van der Waals surface area contributed by atoms with E-state index in [9.17, 15) is 0 Å². The van der Waals surface area contributed by atoms with Crippen LogP contribution in [-0.4, -0.2) is 46.9 Å². The van der Waals surface area contributed by atoms with Crippen LogP contribution in [-0.2, 0) is 6.54 Å². The number of hydrogen-bond acceptors (Lipinski definition) is 3. The highest BCUT2D eigenvalue weighted by atomic mass is 127. The number of aryl methyl sites for hydroxylation is 2. The number of nitrogens with zero attached hydrogens (tertiary/aromatic N) is 3. The number of hydrogen-bond donors (Lipinski definition) is 3. The molecule has 0 aliphatic rings. The van der Waals surface area contributed by atoms with Crippen molar-refractivity contribution in [2.75, 3.05) is 26.2 Å². The Balaban J connectivity index is 0.00000576. The van der Waals surface area contributed by atoms with Crippen LogP contribution in [0, 0.1) is 12.8 Å². The van der Waals surface area contributed by atoms with Gasteiger partial charge in [-0.15, -0.1) is 24.0 Å². The van der Waals surface area contributed by atoms with Gasteiger partial charge in [0.1, 0.15) is 5.82 Å². The molecule has 0 aliphatic carbocycles. The number of rotatable bonds is 12. The first-order valence-electron chi connectivity index (χ1n) is 9.32. The van der Waals surface area contributed by atoms with Crippen LogP contribution < -0.4 is 10.6 Å². The van der Waals surface area contributed by atoms with E-state index >= 15 is 0 Å². The zero-order chi connectivity index (χ0) is 17.6. The van der Waals surface area contributed by atoms with Crippen molar-refractivity contribution in [1.29, 1.82) is 0 Å². The number of imidazole rings is 1. The normalized spacial score (nSPS) is 12.6. The van der Waals surface area contributed by atoms with Crippen molar-refractivity contribution in [2.24, 2.45) is 10.9 Å². The second kappa shape index (κ2) is 15.4. The summed E-state index contributed by atoms with van der Waals surface area (Å²) in [6.07, 6.45) is 9.18. The zero-order valence-corrected chi connectivity index (χ0v) is 18.3. The number of aliphatic hydroxyl groups is 1. The largest absolute Gasteiger partial charge is 0.396 e. The van der Waals surface area contributed by atoms with E-state index < -0.39 is 0 Å². The quantitative estimate of drug-likeness (QED) is 0.192. The van der Waals surface area contributed by atoms with Crippen molar-refractivity contribution >= 4 is 29.9 Å². The highest BCUT2D eigenvalue weighted by Crippen LogP contribution is 2.10. The first-order chi connectivity index (χ1) is 11.7. The molecule has 0 bridgehead atoms. The predicted octanol–water partition coefficient (Wildman–Crippen LogP) is 2.94. The van der Waals surface area contributed by atoms with Gasteiger partial charge in [-0.05, 0) is 45.4 Å². The summed E-state index contributed by atoms with van der Waals surface area (Å²) in [7, 11) is 0. The fraction of sp³-hybridized carbons (Fsp3) is 0.778. The van der Waals surface area contributed by atoms with E-state index in [0.717, 1.165) is 70.1 Å². The summed E-state index contributed by atoms with van der Waals surface area (Å²) in [6.45, 7) is 10.1. The fourth-order valence-electron chi connectivity index (χ4n) is 2.73. The molecule has 1 atom stereocenters. The minimum atomic E-state index is 0. The lowest BCUT2D eigenvalue weighted by atomic mass is 10.0. The van der Waals surface area contributed by atoms with Crippen LogP contribution in [0.2, 0.25) is 0 Å². The standard InChI is InChI=1S/C18H35N5O.HI/c1-4-8-17(9-14-24)15-22-18(19-5-2)21-10-6-7-12-23-13-11-20-16(23)3;/h11,13,17,24H,4-10,12,14-15H2,1-3H3,(H2,19,21,22);1H. The van der Waals surface area contributed by atoms with Crippen LogP contribution in [0.5, 0.6) is 0 Å². The van der Waals surface area contributed by atoms with Crippen molar-refractivity contribution in [3.8, 4) is 0 Å². The van der Waals surface area contributed by atoms with Crippen molar-refractivity contribution in [2.45, 2.75) is 59.4 Å². The van der Waals surface area contributed by atoms with Crippen molar-refractivity contribution < 1.29 is 5.11 Å². The molecular weight excluding hydrogens is 429 g/mol. The number of aliphatic imine (C=N–C) groups is 1. The molecule has 0 radical (unpaired) electrons. The summed E-state index contributed by atoms with van der Waals surface area (Å²) in [4.78, 5) is 8.92. The lowest BCUT2D eigenvalue weighted by molar-refractivity contribution is 0.253. The Morgan fingerprint density at radius 3 is 2.68 bits per heavy atom. The maximum Gasteiger partial charge on any atom is 0.191 e. The number of halogens is 1. The third-order valence-electron chi connectivity index (χ3n) is 4.13. The molecule has 25 heavy (non-hydrogen) atoms. The number of aromatic nitrogens is 2. The predicted molar refractivity (Wildman–Crippen MR) is 116 cm³/mol. The van der Waals surface area contributed by atoms with Crippen molar-refractivity contribution in [1.82, 2.24) is 20.2 Å². The number of guanidine groups is 1. The molecule has 3 N–H and O–H groups in total. The van der Waals surface area contributed by atoms with E-state index in [0.29, 0.717) is 5.92 Å². The van der Waals surface area contributed by atoms with Crippen molar-refractivity contribution in [3.63, 3.8) is 0 Å². The SMILES string of the molecule is CCCC(CCO)CN=C(NCC)NCCCCn1ccnc1C.I. The van der Waals surface area contributed by atoms with Gasteiger partial charge in [-0.25, -0.2) is 4.98 Å². The van der Waals surface area contributed by atoms with E-state index in [1.165, 1.54) is 0 Å². The Morgan fingerprint density at radius 2 is 2.08 bits per heavy atom. The molecule has 1 heterocycles. The molecule has 0 saturated carbocycles. The maximum absolute atomic E-state index is 9.14. The summed E-state index contributed by atoms with van der Waals surface area (Å²) in [5.41, 5.74) is 0. The third kappa shape index (κ3) is 10.7. The van der Waals surface area contributed by atoms with Gasteiger partial charge >= 0.3 is 0 Å². The summed E-state index contributed by atoms with van der Waals surface area (Å²) < 4.78 is 2.18. The summed E-state index contributed by atoms with van der Waals surface area (Å²) in [5, 5.41) is 15.8. The summed E-state index contributed by atoms with van der Waals surface area (Å²) in [5.74, 6) is 2.43. The van der Waals surface area contributed by atoms with Crippen LogP contribution in [0.15, 0.2) is 17.4 Å². The lowest BCUT2D eigenvalue weighted by Gasteiger charge is -2.15. The van der Waals surface area contributed by atoms with Crippen LogP contribution in [0.25, 0.3) is 0 Å². The smallest absolute Gasteiger partial charge is 0.191 e. The van der Waals surface area contributed by atoms with Gasteiger partial charge in [-0.3, -0.25) is 4.99 Å². The van der Waals surface area contributed by atoms with Gasteiger partial charge in [0.05, 0.1) is 0 Å². The average molecular weight is 465 g/mol. The first-order valence-corrected chi connectivity index (χ1v) is 9.32. The Bertz CT molecular complexity index is 458. The zero-order valence-electron chi connectivity index (χ0n) is 16.0. The molecule has 0 aliphatic heterocycles. The molecule has 0 fully saturated rings. The first kappa shape index (κ1) is 24.2. The molecule has 1 aromatic heterocycles. The van der Waals surface area contributed by atoms with E-state index in [1.54, 1.807) is 0 Å². The van der Waals surface area contributed by atoms with Gasteiger partial charge in [-0.1, -0.05) is 13.3 Å². The second-order valence-corrected chi connectivity index (χ2v) is 6.19. The maximum atomic E-state index is 9.14. The van der Waals surface area contributed by atoms with Crippen LogP contribution in [0.1, 0.15) is 51.8 Å². The fourth-order valence-corrected chi connectivity index (χ4v) is 2.73. The monoisotopic (exact) mass is 465 g/mol. The van der Waals surface area contributed by atoms with Crippen molar-refractivity contribution in [3.05, 3.63) is 18.2 Å². The van der Waals surface area contributed by atoms with E-state index in [1.807, 2.05) is 19.3 Å². The molecule has 1 aromatic rings. The molecule has 0 amide bonds. The Hall–Kier alpha value is -0.830. The molecule has 0 spiro atoms. The summed E-state index contributed by atoms with van der Waals surface area (Å²) >= 11 is 0. The van der Waals surface area contributed by atoms with E-state index in [2.05, 4.69) is 39.0 Å². The molecule has 1 unspecified atom stereocenters.